The molecule has 0 aliphatic heterocycles. The minimum Gasteiger partial charge on any atom is -1.00 e. The Labute approximate surface area is 160 Å². The van der Waals surface area contributed by atoms with Gasteiger partial charge in [0.1, 0.15) is 0 Å². The van der Waals surface area contributed by atoms with E-state index in [1.165, 1.54) is 0 Å². The molecule has 0 amide bonds. The molecule has 0 heterocycles. The first kappa shape index (κ1) is 33.3. The van der Waals surface area contributed by atoms with E-state index in [0.29, 0.717) is 24.2 Å². The standard InChI is InChI=1S/C12H28N3P.3ClH.Ti/c1-9(2)14(10(3)4)16(13)15(11(5)6)12(7)8;;;;/h9-12H,1-8H3;3*1H;/q;;;;+4/p-3. The van der Waals surface area contributed by atoms with Gasteiger partial charge in [0.05, 0.1) is 0 Å². The van der Waals surface area contributed by atoms with Gasteiger partial charge in [-0.2, -0.15) is 0 Å². The Balaban J connectivity index is -0.000000187. The van der Waals surface area contributed by atoms with Gasteiger partial charge in [0, 0.05) is 24.2 Å². The maximum Gasteiger partial charge on any atom is 4.00 e. The van der Waals surface area contributed by atoms with Gasteiger partial charge in [-0.05, 0) is 55.4 Å². The van der Waals surface area contributed by atoms with Crippen molar-refractivity contribution < 1.29 is 58.9 Å². The van der Waals surface area contributed by atoms with E-state index >= 15 is 0 Å². The summed E-state index contributed by atoms with van der Waals surface area (Å²) in [5, 5.41) is 10.6. The summed E-state index contributed by atoms with van der Waals surface area (Å²) in [6.07, 6.45) is 0. The van der Waals surface area contributed by atoms with Gasteiger partial charge >= 0.3 is 21.7 Å². The van der Waals surface area contributed by atoms with Crippen molar-refractivity contribution >= 4 is 8.01 Å². The second-order valence-corrected chi connectivity index (χ2v) is 6.86. The third-order valence-electron chi connectivity index (χ3n) is 2.53. The number of halogens is 3. The van der Waals surface area contributed by atoms with Crippen LogP contribution >= 0.6 is 8.01 Å². The second-order valence-electron chi connectivity index (χ2n) is 5.40. The van der Waals surface area contributed by atoms with Crippen LogP contribution in [0.4, 0.5) is 0 Å². The maximum absolute atomic E-state index is 10.6. The summed E-state index contributed by atoms with van der Waals surface area (Å²) in [7, 11) is -1.20. The fraction of sp³-hybridized carbons (Fsp3) is 1.00. The van der Waals surface area contributed by atoms with Gasteiger partial charge < -0.3 is 42.4 Å². The predicted octanol–water partition coefficient (Wildman–Crippen LogP) is -4.70. The van der Waals surface area contributed by atoms with Crippen LogP contribution in [-0.2, 0) is 21.7 Å². The molecule has 0 spiro atoms. The van der Waals surface area contributed by atoms with Crippen molar-refractivity contribution in [2.24, 2.45) is 0 Å². The fourth-order valence-electron chi connectivity index (χ4n) is 2.14. The van der Waals surface area contributed by atoms with Gasteiger partial charge in [0.2, 0.25) is 0 Å². The molecule has 0 unspecified atom stereocenters. The van der Waals surface area contributed by atoms with Crippen LogP contribution in [0.15, 0.2) is 0 Å². The van der Waals surface area contributed by atoms with Crippen molar-refractivity contribution in [2.75, 3.05) is 0 Å². The first-order valence-corrected chi connectivity index (χ1v) is 7.45. The average Bonchev–Trinajstić information content (AvgIpc) is 1.99. The molecule has 0 aliphatic carbocycles. The van der Waals surface area contributed by atoms with Gasteiger partial charge in [0.25, 0.3) is 0 Å². The van der Waals surface area contributed by atoms with E-state index < -0.39 is 8.01 Å². The zero-order valence-electron chi connectivity index (χ0n) is 13.7. The van der Waals surface area contributed by atoms with E-state index in [-0.39, 0.29) is 58.9 Å². The topological polar surface area (TPSA) is 28.8 Å². The Morgan fingerprint density at radius 2 is 0.750 bits per heavy atom. The smallest absolute Gasteiger partial charge is 1.00 e. The van der Waals surface area contributed by atoms with Crippen molar-refractivity contribution in [3.8, 4) is 0 Å². The minimum atomic E-state index is -1.20. The molecule has 0 aromatic carbocycles. The molecule has 8 heteroatoms. The molecule has 0 N–H and O–H groups in total. The molecule has 0 rings (SSSR count). The average molecular weight is 400 g/mol. The van der Waals surface area contributed by atoms with Crippen LogP contribution in [-0.4, -0.2) is 33.5 Å². The molecule has 0 saturated heterocycles. The quantitative estimate of drug-likeness (QED) is 0.332. The van der Waals surface area contributed by atoms with Crippen LogP contribution in [0.2, 0.25) is 0 Å². The van der Waals surface area contributed by atoms with E-state index in [0.717, 1.165) is 0 Å². The zero-order chi connectivity index (χ0) is 13.0. The summed E-state index contributed by atoms with van der Waals surface area (Å²) in [6.45, 7) is 17.1. The molecule has 0 bridgehead atoms. The van der Waals surface area contributed by atoms with Crippen LogP contribution in [0.1, 0.15) is 55.4 Å². The molecular formula is C12H28Cl3N3PTi+. The third-order valence-corrected chi connectivity index (χ3v) is 5.20. The van der Waals surface area contributed by atoms with Gasteiger partial charge in [-0.3, -0.25) is 0 Å². The summed E-state index contributed by atoms with van der Waals surface area (Å²) in [5.74, 6) is 0. The van der Waals surface area contributed by atoms with Gasteiger partial charge in [-0.15, -0.1) is 9.34 Å². The number of rotatable bonds is 6. The van der Waals surface area contributed by atoms with Gasteiger partial charge in [-0.1, -0.05) is 0 Å². The van der Waals surface area contributed by atoms with Crippen LogP contribution < -0.4 is 37.2 Å². The maximum atomic E-state index is 10.6. The third kappa shape index (κ3) is 10.4. The summed E-state index contributed by atoms with van der Waals surface area (Å²) in [6, 6.07) is 1.49. The minimum absolute atomic E-state index is 0. The molecule has 120 valence electrons. The van der Waals surface area contributed by atoms with E-state index in [9.17, 15) is 5.16 Å². The summed E-state index contributed by atoms with van der Waals surface area (Å²) < 4.78 is 4.41. The number of hydrogen-bond acceptors (Lipinski definition) is 0. The predicted molar refractivity (Wildman–Crippen MR) is 74.5 cm³/mol. The molecular weight excluding hydrogens is 371 g/mol. The van der Waals surface area contributed by atoms with Crippen molar-refractivity contribution in [1.82, 2.24) is 9.34 Å². The molecule has 0 atom stereocenters. The van der Waals surface area contributed by atoms with Crippen molar-refractivity contribution in [2.45, 2.75) is 79.6 Å². The van der Waals surface area contributed by atoms with E-state index in [4.69, 9.17) is 0 Å². The SMILES string of the molecule is CC(C)N(C(C)C)[P+](=[N-])N(C(C)C)C(C)C.[Cl-].[Cl-].[Cl-].[Ti+4]. The summed E-state index contributed by atoms with van der Waals surface area (Å²) in [4.78, 5) is 0. The van der Waals surface area contributed by atoms with Crippen LogP contribution in [0.3, 0.4) is 0 Å². The van der Waals surface area contributed by atoms with Crippen LogP contribution in [0, 0.1) is 0 Å². The second kappa shape index (κ2) is 15.5. The molecule has 20 heavy (non-hydrogen) atoms. The summed E-state index contributed by atoms with van der Waals surface area (Å²) in [5.41, 5.74) is 0. The summed E-state index contributed by atoms with van der Waals surface area (Å²) >= 11 is 0. The van der Waals surface area contributed by atoms with E-state index in [1.807, 2.05) is 0 Å². The largest absolute Gasteiger partial charge is 4.00 e. The Kier molecular flexibility index (Phi) is 25.8. The molecule has 0 aliphatic rings. The fourth-order valence-corrected chi connectivity index (χ4v) is 4.03. The number of hydrogen-bond donors (Lipinski definition) is 0. The Hall–Kier alpha value is 1.60. The Morgan fingerprint density at radius 3 is 0.850 bits per heavy atom. The molecule has 0 aromatic rings. The molecule has 0 aromatic heterocycles. The van der Waals surface area contributed by atoms with Crippen LogP contribution in [0.5, 0.6) is 0 Å². The van der Waals surface area contributed by atoms with Gasteiger partial charge in [0.15, 0.2) is 8.01 Å². The van der Waals surface area contributed by atoms with Crippen molar-refractivity contribution in [1.29, 1.82) is 0 Å². The van der Waals surface area contributed by atoms with Crippen molar-refractivity contribution in [3.63, 3.8) is 0 Å². The van der Waals surface area contributed by atoms with Crippen LogP contribution in [0.25, 0.3) is 5.16 Å². The Bertz CT molecular complexity index is 204. The Morgan fingerprint density at radius 1 is 0.600 bits per heavy atom. The first-order chi connectivity index (χ1) is 7.20. The molecule has 0 radical (unpaired) electrons. The van der Waals surface area contributed by atoms with Gasteiger partial charge in [-0.25, -0.2) is 0 Å². The monoisotopic (exact) mass is 398 g/mol. The van der Waals surface area contributed by atoms with Crippen molar-refractivity contribution in [3.05, 3.63) is 5.16 Å². The normalized spacial score (nSPS) is 10.3. The molecule has 0 fully saturated rings. The molecule has 0 saturated carbocycles. The van der Waals surface area contributed by atoms with E-state index in [1.54, 1.807) is 0 Å². The van der Waals surface area contributed by atoms with E-state index in [2.05, 4.69) is 64.7 Å². The zero-order valence-corrected chi connectivity index (χ0v) is 18.5. The number of nitrogens with zero attached hydrogens (tertiary/aromatic N) is 3. The first-order valence-electron chi connectivity index (χ1n) is 6.25. The molecule has 3 nitrogen and oxygen atoms in total.